The molecule has 0 aliphatic heterocycles. The molecule has 1 aromatic rings. The van der Waals surface area contributed by atoms with Crippen molar-refractivity contribution in [1.82, 2.24) is 9.78 Å². The lowest BCUT2D eigenvalue weighted by Crippen LogP contribution is -2.61. The van der Waals surface area contributed by atoms with Gasteiger partial charge in [-0.1, -0.05) is 19.4 Å². The van der Waals surface area contributed by atoms with Crippen molar-refractivity contribution < 1.29 is 19.8 Å². The molecule has 29 heavy (non-hydrogen) atoms. The highest BCUT2D eigenvalue weighted by molar-refractivity contribution is 5.92. The first-order valence-electron chi connectivity index (χ1n) is 10.8. The van der Waals surface area contributed by atoms with Crippen LogP contribution >= 0.6 is 0 Å². The van der Waals surface area contributed by atoms with Crippen LogP contribution < -0.4 is 0 Å². The van der Waals surface area contributed by atoms with Crippen LogP contribution in [0.1, 0.15) is 57.2 Å². The van der Waals surface area contributed by atoms with E-state index in [-0.39, 0.29) is 35.4 Å². The summed E-state index contributed by atoms with van der Waals surface area (Å²) in [6.45, 7) is 3.46. The molecule has 0 aromatic carbocycles. The number of hydrogen-bond donors (Lipinski definition) is 2. The smallest absolute Gasteiger partial charge is 0.190 e. The van der Waals surface area contributed by atoms with Crippen molar-refractivity contribution in [3.05, 3.63) is 23.0 Å². The first-order valence-corrected chi connectivity index (χ1v) is 10.8. The number of nitrogens with zero attached hydrogens (tertiary/aromatic N) is 2. The molecule has 1 heterocycles. The van der Waals surface area contributed by atoms with Gasteiger partial charge in [0.1, 0.15) is 18.0 Å². The fourth-order valence-corrected chi connectivity index (χ4v) is 7.61. The molecule has 2 N–H and O–H groups in total. The SMILES string of the molecule is Cn1cc2c(n1)C=C1CC[C@@H]3[C@H](C(=O)C[C@@]4(C)[C@H]3CC[C@]4(O)C(=O)CO)[C@@]1(C)C2. The molecule has 0 bridgehead atoms. The summed E-state index contributed by atoms with van der Waals surface area (Å²) in [5.41, 5.74) is 0.944. The molecule has 0 saturated heterocycles. The molecular weight excluding hydrogens is 368 g/mol. The van der Waals surface area contributed by atoms with Gasteiger partial charge in [-0.25, -0.2) is 0 Å². The second-order valence-corrected chi connectivity index (χ2v) is 10.3. The molecule has 0 unspecified atom stereocenters. The van der Waals surface area contributed by atoms with E-state index >= 15 is 0 Å². The number of carbonyl (C=O) groups is 2. The summed E-state index contributed by atoms with van der Waals surface area (Å²) in [7, 11) is 1.93. The standard InChI is InChI=1S/C23H30N2O4/c1-21-9-13-11-25(3)24-17(13)8-14(21)4-5-15-16-6-7-23(29,19(28)12-26)22(16,2)10-18(27)20(15)21/h8,11,15-16,20,26,29H,4-7,9-10,12H2,1-3H3/t15-,16-,20+,21-,22-,23-/m0/s1. The molecule has 4 aliphatic rings. The number of fused-ring (bicyclic) bond motifs is 6. The Morgan fingerprint density at radius 3 is 2.79 bits per heavy atom. The van der Waals surface area contributed by atoms with E-state index in [1.54, 1.807) is 0 Å². The van der Waals surface area contributed by atoms with Crippen LogP contribution in [0.25, 0.3) is 6.08 Å². The second-order valence-electron chi connectivity index (χ2n) is 10.3. The van der Waals surface area contributed by atoms with Gasteiger partial charge in [0, 0.05) is 36.4 Å². The maximum Gasteiger partial charge on any atom is 0.190 e. The number of ketones is 2. The van der Waals surface area contributed by atoms with Crippen LogP contribution in [0.2, 0.25) is 0 Å². The molecule has 5 rings (SSSR count). The highest BCUT2D eigenvalue weighted by atomic mass is 16.3. The first-order chi connectivity index (χ1) is 13.6. The van der Waals surface area contributed by atoms with Crippen LogP contribution in [-0.2, 0) is 23.1 Å². The van der Waals surface area contributed by atoms with E-state index in [4.69, 9.17) is 0 Å². The maximum absolute atomic E-state index is 13.6. The molecule has 6 heteroatoms. The van der Waals surface area contributed by atoms with Crippen molar-refractivity contribution in [2.24, 2.45) is 35.6 Å². The number of aliphatic hydroxyl groups excluding tert-OH is 1. The van der Waals surface area contributed by atoms with E-state index in [1.807, 2.05) is 18.7 Å². The lowest BCUT2D eigenvalue weighted by atomic mass is 9.46. The molecule has 6 nitrogen and oxygen atoms in total. The minimum atomic E-state index is -1.59. The lowest BCUT2D eigenvalue weighted by molar-refractivity contribution is -0.169. The van der Waals surface area contributed by atoms with Crippen LogP contribution in [0.15, 0.2) is 11.8 Å². The number of rotatable bonds is 2. The Hall–Kier alpha value is -1.79. The second kappa shape index (κ2) is 5.88. The molecule has 6 atom stereocenters. The normalized spacial score (nSPS) is 43.1. The highest BCUT2D eigenvalue weighted by Gasteiger charge is 2.68. The van der Waals surface area contributed by atoms with Crippen molar-refractivity contribution in [2.75, 3.05) is 6.61 Å². The zero-order valence-electron chi connectivity index (χ0n) is 17.4. The van der Waals surface area contributed by atoms with E-state index in [1.165, 1.54) is 11.1 Å². The highest BCUT2D eigenvalue weighted by Crippen LogP contribution is 2.66. The summed E-state index contributed by atoms with van der Waals surface area (Å²) in [6, 6.07) is 0. The van der Waals surface area contributed by atoms with Crippen molar-refractivity contribution >= 4 is 17.6 Å². The largest absolute Gasteiger partial charge is 0.388 e. The van der Waals surface area contributed by atoms with E-state index in [2.05, 4.69) is 24.3 Å². The van der Waals surface area contributed by atoms with Crippen molar-refractivity contribution in [3.63, 3.8) is 0 Å². The third kappa shape index (κ3) is 2.27. The van der Waals surface area contributed by atoms with Gasteiger partial charge >= 0.3 is 0 Å². The van der Waals surface area contributed by atoms with Gasteiger partial charge < -0.3 is 10.2 Å². The number of hydrogen-bond acceptors (Lipinski definition) is 5. The predicted octanol–water partition coefficient (Wildman–Crippen LogP) is 2.07. The van der Waals surface area contributed by atoms with Crippen LogP contribution in [0.5, 0.6) is 0 Å². The molecule has 0 spiro atoms. The average molecular weight is 399 g/mol. The molecule has 156 valence electrons. The minimum absolute atomic E-state index is 0.0829. The van der Waals surface area contributed by atoms with Crippen LogP contribution in [-0.4, -0.2) is 43.8 Å². The summed E-state index contributed by atoms with van der Waals surface area (Å²) >= 11 is 0. The van der Waals surface area contributed by atoms with Gasteiger partial charge in [0.05, 0.1) is 5.69 Å². The van der Waals surface area contributed by atoms with Gasteiger partial charge in [0.15, 0.2) is 5.78 Å². The monoisotopic (exact) mass is 398 g/mol. The molecule has 3 saturated carbocycles. The number of aryl methyl sites for hydroxylation is 1. The first kappa shape index (κ1) is 19.2. The van der Waals surface area contributed by atoms with E-state index < -0.39 is 23.4 Å². The summed E-state index contributed by atoms with van der Waals surface area (Å²) in [6.07, 6.45) is 8.20. The Balaban J connectivity index is 1.55. The zero-order valence-corrected chi connectivity index (χ0v) is 17.4. The fraction of sp³-hybridized carbons (Fsp3) is 0.696. The number of allylic oxidation sites excluding steroid dienone is 1. The van der Waals surface area contributed by atoms with E-state index in [9.17, 15) is 19.8 Å². The molecular formula is C23H30N2O4. The molecule has 0 amide bonds. The summed E-state index contributed by atoms with van der Waals surface area (Å²) in [5.74, 6) is -0.156. The van der Waals surface area contributed by atoms with Crippen molar-refractivity contribution in [1.29, 1.82) is 0 Å². The number of carbonyl (C=O) groups excluding carboxylic acids is 2. The lowest BCUT2D eigenvalue weighted by Gasteiger charge is -2.57. The molecule has 0 radical (unpaired) electrons. The number of Topliss-reactive ketones (excluding diaryl/α,β-unsaturated/α-hetero) is 2. The average Bonchev–Trinajstić information content (AvgIpc) is 3.14. The van der Waals surface area contributed by atoms with Gasteiger partial charge in [0.2, 0.25) is 0 Å². The number of aromatic nitrogens is 2. The van der Waals surface area contributed by atoms with Gasteiger partial charge in [-0.2, -0.15) is 5.10 Å². The molecule has 3 fully saturated rings. The van der Waals surface area contributed by atoms with Crippen LogP contribution in [0.4, 0.5) is 0 Å². The van der Waals surface area contributed by atoms with Gasteiger partial charge in [0.25, 0.3) is 0 Å². The predicted molar refractivity (Wildman–Crippen MR) is 107 cm³/mol. The molecule has 4 aliphatic carbocycles. The van der Waals surface area contributed by atoms with E-state index in [0.717, 1.165) is 31.4 Å². The third-order valence-corrected chi connectivity index (χ3v) is 8.99. The Bertz CT molecular complexity index is 949. The minimum Gasteiger partial charge on any atom is -0.388 e. The van der Waals surface area contributed by atoms with Gasteiger partial charge in [-0.05, 0) is 55.6 Å². The Labute approximate surface area is 171 Å². The zero-order chi connectivity index (χ0) is 20.8. The fourth-order valence-electron chi connectivity index (χ4n) is 7.61. The van der Waals surface area contributed by atoms with Crippen molar-refractivity contribution in [2.45, 2.75) is 58.0 Å². The summed E-state index contributed by atoms with van der Waals surface area (Å²) in [5, 5.41) is 25.3. The number of aliphatic hydroxyl groups is 2. The van der Waals surface area contributed by atoms with Gasteiger partial charge in [-0.3, -0.25) is 14.3 Å². The Kier molecular flexibility index (Phi) is 3.89. The van der Waals surface area contributed by atoms with Crippen molar-refractivity contribution in [3.8, 4) is 0 Å². The van der Waals surface area contributed by atoms with Crippen LogP contribution in [0, 0.1) is 28.6 Å². The van der Waals surface area contributed by atoms with E-state index in [0.29, 0.717) is 6.42 Å². The van der Waals surface area contributed by atoms with Crippen LogP contribution in [0.3, 0.4) is 0 Å². The Morgan fingerprint density at radius 1 is 1.31 bits per heavy atom. The van der Waals surface area contributed by atoms with Gasteiger partial charge in [-0.15, -0.1) is 0 Å². The topological polar surface area (TPSA) is 92.4 Å². The maximum atomic E-state index is 13.6. The summed E-state index contributed by atoms with van der Waals surface area (Å²) < 4.78 is 1.84. The Morgan fingerprint density at radius 2 is 2.07 bits per heavy atom. The summed E-state index contributed by atoms with van der Waals surface area (Å²) in [4.78, 5) is 26.1. The molecule has 1 aromatic heterocycles. The quantitative estimate of drug-likeness (QED) is 0.796. The third-order valence-electron chi connectivity index (χ3n) is 8.99.